The van der Waals surface area contributed by atoms with E-state index in [9.17, 15) is 10.0 Å². The fourth-order valence-corrected chi connectivity index (χ4v) is 2.84. The summed E-state index contributed by atoms with van der Waals surface area (Å²) in [5, 5.41) is 19.6. The average Bonchev–Trinajstić information content (AvgIpc) is 2.55. The topological polar surface area (TPSA) is 40.5 Å². The molecule has 2 N–H and O–H groups in total. The lowest BCUT2D eigenvalue weighted by Gasteiger charge is -2.12. The van der Waals surface area contributed by atoms with Gasteiger partial charge in [0.1, 0.15) is 0 Å². The highest BCUT2D eigenvalue weighted by molar-refractivity contribution is 6.61. The van der Waals surface area contributed by atoms with E-state index in [1.54, 1.807) is 18.2 Å². The number of hydrogen-bond acceptors (Lipinski definition) is 2. The number of halogens is 1. The molecule has 3 rings (SSSR count). The SMILES string of the molecule is OB(O)c1cccc(Cl)c1-c1cccc(-c2ccccc2)c1. The Hall–Kier alpha value is -2.07. The van der Waals surface area contributed by atoms with E-state index in [0.717, 1.165) is 16.7 Å². The molecule has 2 nitrogen and oxygen atoms in total. The molecule has 0 radical (unpaired) electrons. The summed E-state index contributed by atoms with van der Waals surface area (Å²) < 4.78 is 0. The molecule has 0 aliphatic heterocycles. The van der Waals surface area contributed by atoms with Gasteiger partial charge in [-0.25, -0.2) is 0 Å². The van der Waals surface area contributed by atoms with Gasteiger partial charge in [-0.05, 0) is 34.3 Å². The summed E-state index contributed by atoms with van der Waals surface area (Å²) in [6.45, 7) is 0. The van der Waals surface area contributed by atoms with Gasteiger partial charge in [-0.3, -0.25) is 0 Å². The molecule has 0 heterocycles. The molecule has 0 amide bonds. The first-order valence-corrected chi connectivity index (χ1v) is 7.35. The molecule has 0 atom stereocenters. The molecule has 0 saturated heterocycles. The van der Waals surface area contributed by atoms with Crippen LogP contribution in [0.1, 0.15) is 0 Å². The largest absolute Gasteiger partial charge is 0.489 e. The smallest absolute Gasteiger partial charge is 0.423 e. The first-order chi connectivity index (χ1) is 10.7. The summed E-state index contributed by atoms with van der Waals surface area (Å²) in [6.07, 6.45) is 0. The predicted octanol–water partition coefficient (Wildman–Crippen LogP) is 3.35. The van der Waals surface area contributed by atoms with Crippen LogP contribution in [0.15, 0.2) is 72.8 Å². The average molecular weight is 309 g/mol. The zero-order chi connectivity index (χ0) is 15.5. The summed E-state index contributed by atoms with van der Waals surface area (Å²) in [7, 11) is -1.56. The molecule has 22 heavy (non-hydrogen) atoms. The van der Waals surface area contributed by atoms with E-state index in [4.69, 9.17) is 11.6 Å². The van der Waals surface area contributed by atoms with Crippen molar-refractivity contribution < 1.29 is 10.0 Å². The molecule has 3 aromatic rings. The Kier molecular flexibility index (Phi) is 4.30. The molecular weight excluding hydrogens is 294 g/mol. The minimum absolute atomic E-state index is 0.401. The van der Waals surface area contributed by atoms with Gasteiger partial charge in [-0.1, -0.05) is 72.3 Å². The number of benzene rings is 3. The van der Waals surface area contributed by atoms with E-state index in [-0.39, 0.29) is 0 Å². The van der Waals surface area contributed by atoms with Gasteiger partial charge in [-0.15, -0.1) is 0 Å². The Morgan fingerprint density at radius 1 is 0.682 bits per heavy atom. The van der Waals surface area contributed by atoms with E-state index in [1.807, 2.05) is 54.6 Å². The molecule has 3 aromatic carbocycles. The van der Waals surface area contributed by atoms with Crippen LogP contribution in [0.5, 0.6) is 0 Å². The summed E-state index contributed by atoms with van der Waals surface area (Å²) in [5.41, 5.74) is 4.06. The fourth-order valence-electron chi connectivity index (χ4n) is 2.55. The van der Waals surface area contributed by atoms with Crippen LogP contribution in [-0.4, -0.2) is 17.2 Å². The molecule has 0 aromatic heterocycles. The molecule has 0 bridgehead atoms. The van der Waals surface area contributed by atoms with Gasteiger partial charge in [0.2, 0.25) is 0 Å². The summed E-state index contributed by atoms with van der Waals surface area (Å²) in [5.74, 6) is 0. The van der Waals surface area contributed by atoms with Gasteiger partial charge < -0.3 is 10.0 Å². The van der Waals surface area contributed by atoms with Crippen LogP contribution in [0.25, 0.3) is 22.3 Å². The van der Waals surface area contributed by atoms with Crippen LogP contribution in [0.3, 0.4) is 0 Å². The molecule has 0 unspecified atom stereocenters. The maximum absolute atomic E-state index is 9.57. The quantitative estimate of drug-likeness (QED) is 0.729. The number of hydrogen-bond donors (Lipinski definition) is 2. The van der Waals surface area contributed by atoms with Crippen molar-refractivity contribution in [3.8, 4) is 22.3 Å². The van der Waals surface area contributed by atoms with E-state index in [1.165, 1.54) is 0 Å². The van der Waals surface area contributed by atoms with Crippen LogP contribution >= 0.6 is 11.6 Å². The van der Waals surface area contributed by atoms with Crippen LogP contribution in [0.4, 0.5) is 0 Å². The first kappa shape index (κ1) is 14.9. The van der Waals surface area contributed by atoms with Gasteiger partial charge in [0, 0.05) is 10.6 Å². The van der Waals surface area contributed by atoms with E-state index in [0.29, 0.717) is 16.0 Å². The molecule has 0 fully saturated rings. The second-order valence-corrected chi connectivity index (χ2v) is 5.43. The monoisotopic (exact) mass is 308 g/mol. The molecular formula is C18H14BClO2. The van der Waals surface area contributed by atoms with Crippen molar-refractivity contribution in [2.24, 2.45) is 0 Å². The highest BCUT2D eigenvalue weighted by atomic mass is 35.5. The van der Waals surface area contributed by atoms with E-state index < -0.39 is 7.12 Å². The maximum atomic E-state index is 9.57. The van der Waals surface area contributed by atoms with E-state index in [2.05, 4.69) is 0 Å². The fraction of sp³-hybridized carbons (Fsp3) is 0. The zero-order valence-corrected chi connectivity index (χ0v) is 12.5. The Bertz CT molecular complexity index is 788. The zero-order valence-electron chi connectivity index (χ0n) is 11.8. The molecule has 0 aliphatic rings. The summed E-state index contributed by atoms with van der Waals surface area (Å²) in [4.78, 5) is 0. The normalized spacial score (nSPS) is 10.5. The highest BCUT2D eigenvalue weighted by Crippen LogP contribution is 2.30. The lowest BCUT2D eigenvalue weighted by molar-refractivity contribution is 0.426. The van der Waals surface area contributed by atoms with Gasteiger partial charge >= 0.3 is 7.12 Å². The maximum Gasteiger partial charge on any atom is 0.489 e. The minimum Gasteiger partial charge on any atom is -0.423 e. The first-order valence-electron chi connectivity index (χ1n) is 6.97. The second-order valence-electron chi connectivity index (χ2n) is 5.02. The van der Waals surface area contributed by atoms with Crippen molar-refractivity contribution in [3.63, 3.8) is 0 Å². The van der Waals surface area contributed by atoms with Crippen molar-refractivity contribution >= 4 is 24.2 Å². The lowest BCUT2D eigenvalue weighted by atomic mass is 9.75. The van der Waals surface area contributed by atoms with Gasteiger partial charge in [0.25, 0.3) is 0 Å². The van der Waals surface area contributed by atoms with Crippen molar-refractivity contribution in [2.75, 3.05) is 0 Å². The third-order valence-electron chi connectivity index (χ3n) is 3.58. The Morgan fingerprint density at radius 2 is 1.32 bits per heavy atom. The Balaban J connectivity index is 2.15. The molecule has 0 saturated carbocycles. The van der Waals surface area contributed by atoms with Gasteiger partial charge in [0.15, 0.2) is 0 Å². The van der Waals surface area contributed by atoms with Crippen molar-refractivity contribution in [2.45, 2.75) is 0 Å². The predicted molar refractivity (Wildman–Crippen MR) is 92.1 cm³/mol. The highest BCUT2D eigenvalue weighted by Gasteiger charge is 2.19. The standard InChI is InChI=1S/C18H14BClO2/c20-17-11-5-10-16(19(21)22)18(17)15-9-4-8-14(12-15)13-6-2-1-3-7-13/h1-12,21-22H. The summed E-state index contributed by atoms with van der Waals surface area (Å²) >= 11 is 6.28. The van der Waals surface area contributed by atoms with Crippen LogP contribution in [0, 0.1) is 0 Å². The van der Waals surface area contributed by atoms with Crippen molar-refractivity contribution in [1.29, 1.82) is 0 Å². The van der Waals surface area contributed by atoms with Gasteiger partial charge in [-0.2, -0.15) is 0 Å². The van der Waals surface area contributed by atoms with E-state index >= 15 is 0 Å². The number of rotatable bonds is 3. The van der Waals surface area contributed by atoms with Gasteiger partial charge in [0.05, 0.1) is 0 Å². The van der Waals surface area contributed by atoms with Crippen molar-refractivity contribution in [1.82, 2.24) is 0 Å². The Labute approximate surface area is 134 Å². The van der Waals surface area contributed by atoms with Crippen LogP contribution in [-0.2, 0) is 0 Å². The van der Waals surface area contributed by atoms with Crippen molar-refractivity contribution in [3.05, 3.63) is 77.8 Å². The van der Waals surface area contributed by atoms with Crippen LogP contribution in [0.2, 0.25) is 5.02 Å². The molecule has 0 aliphatic carbocycles. The third-order valence-corrected chi connectivity index (χ3v) is 3.90. The minimum atomic E-state index is -1.56. The van der Waals surface area contributed by atoms with Crippen LogP contribution < -0.4 is 5.46 Å². The second kappa shape index (κ2) is 6.36. The molecule has 4 heteroatoms. The molecule has 108 valence electrons. The Morgan fingerprint density at radius 3 is 2.05 bits per heavy atom. The lowest BCUT2D eigenvalue weighted by Crippen LogP contribution is -2.31. The molecule has 0 spiro atoms. The third kappa shape index (κ3) is 2.92. The summed E-state index contributed by atoms with van der Waals surface area (Å²) in [6, 6.07) is 23.0.